The van der Waals surface area contributed by atoms with E-state index in [1.54, 1.807) is 0 Å². The van der Waals surface area contributed by atoms with Gasteiger partial charge in [0.15, 0.2) is 0 Å². The number of hydrogen-bond donors (Lipinski definition) is 1. The number of carbonyl (C=O) groups excluding carboxylic acids is 1. The lowest BCUT2D eigenvalue weighted by molar-refractivity contribution is -0.136. The molecule has 1 aliphatic heterocycles. The van der Waals surface area contributed by atoms with E-state index in [9.17, 15) is 4.79 Å². The maximum Gasteiger partial charge on any atom is 0.239 e. The molecule has 0 bridgehead atoms. The van der Waals surface area contributed by atoms with E-state index in [4.69, 9.17) is 0 Å². The van der Waals surface area contributed by atoms with Crippen LogP contribution < -0.4 is 5.32 Å². The van der Waals surface area contributed by atoms with Gasteiger partial charge in [-0.25, -0.2) is 0 Å². The maximum absolute atomic E-state index is 12.4. The summed E-state index contributed by atoms with van der Waals surface area (Å²) < 4.78 is 0. The van der Waals surface area contributed by atoms with Crippen molar-refractivity contribution in [1.82, 2.24) is 10.2 Å². The first-order chi connectivity index (χ1) is 8.20. The Bertz CT molecular complexity index is 261. The van der Waals surface area contributed by atoms with Crippen LogP contribution in [-0.2, 0) is 4.79 Å². The molecule has 0 aromatic carbocycles. The molecule has 0 radical (unpaired) electrons. The maximum atomic E-state index is 12.4. The molecule has 2 unspecified atom stereocenters. The standard InChI is InChI=1S/C14H26N2O/c1-11-7-3-4-9-13(11)16(2)14(17)12-8-5-6-10-15-12/h11-13,15H,3-10H2,1-2H3/t11?,12-,13?/m1/s1. The van der Waals surface area contributed by atoms with E-state index >= 15 is 0 Å². The Balaban J connectivity index is 1.92. The van der Waals surface area contributed by atoms with E-state index in [-0.39, 0.29) is 6.04 Å². The number of piperidine rings is 1. The number of nitrogens with one attached hydrogen (secondary N) is 1. The Morgan fingerprint density at radius 1 is 1.12 bits per heavy atom. The lowest BCUT2D eigenvalue weighted by atomic mass is 9.84. The lowest BCUT2D eigenvalue weighted by Crippen LogP contribution is -2.52. The van der Waals surface area contributed by atoms with E-state index in [2.05, 4.69) is 12.2 Å². The van der Waals surface area contributed by atoms with E-state index in [1.165, 1.54) is 38.5 Å². The molecular formula is C14H26N2O. The zero-order valence-electron chi connectivity index (χ0n) is 11.2. The van der Waals surface area contributed by atoms with Crippen molar-refractivity contribution < 1.29 is 4.79 Å². The van der Waals surface area contributed by atoms with Gasteiger partial charge in [-0.05, 0) is 38.1 Å². The minimum atomic E-state index is 0.0860. The number of likely N-dealkylation sites (N-methyl/N-ethyl adjacent to an activating group) is 1. The van der Waals surface area contributed by atoms with Gasteiger partial charge >= 0.3 is 0 Å². The SMILES string of the molecule is CC1CCCCC1N(C)C(=O)[C@H]1CCCCN1. The molecule has 1 saturated carbocycles. The lowest BCUT2D eigenvalue weighted by Gasteiger charge is -2.38. The van der Waals surface area contributed by atoms with Gasteiger partial charge in [0, 0.05) is 13.1 Å². The zero-order valence-corrected chi connectivity index (χ0v) is 11.2. The van der Waals surface area contributed by atoms with Gasteiger partial charge < -0.3 is 10.2 Å². The van der Waals surface area contributed by atoms with Crippen LogP contribution in [0.1, 0.15) is 51.9 Å². The van der Waals surface area contributed by atoms with Gasteiger partial charge in [-0.2, -0.15) is 0 Å². The second kappa shape index (κ2) is 5.85. The van der Waals surface area contributed by atoms with Crippen molar-refractivity contribution in [2.75, 3.05) is 13.6 Å². The summed E-state index contributed by atoms with van der Waals surface area (Å²) in [7, 11) is 2.01. The summed E-state index contributed by atoms with van der Waals surface area (Å²) in [4.78, 5) is 14.4. The highest BCUT2D eigenvalue weighted by Crippen LogP contribution is 2.28. The van der Waals surface area contributed by atoms with Crippen LogP contribution >= 0.6 is 0 Å². The summed E-state index contributed by atoms with van der Waals surface area (Å²) in [5, 5.41) is 3.36. The van der Waals surface area contributed by atoms with E-state index in [1.807, 2.05) is 11.9 Å². The molecule has 0 aromatic rings. The minimum absolute atomic E-state index is 0.0860. The summed E-state index contributed by atoms with van der Waals surface area (Å²) in [6.45, 7) is 3.30. The highest BCUT2D eigenvalue weighted by atomic mass is 16.2. The Labute approximate surface area is 105 Å². The Hall–Kier alpha value is -0.570. The van der Waals surface area contributed by atoms with Crippen LogP contribution in [0.4, 0.5) is 0 Å². The third-order valence-electron chi connectivity index (χ3n) is 4.52. The molecule has 1 saturated heterocycles. The molecule has 3 atom stereocenters. The fourth-order valence-corrected chi connectivity index (χ4v) is 3.34. The largest absolute Gasteiger partial charge is 0.341 e. The molecular weight excluding hydrogens is 212 g/mol. The first-order valence-corrected chi connectivity index (χ1v) is 7.20. The quantitative estimate of drug-likeness (QED) is 0.799. The van der Waals surface area contributed by atoms with Crippen LogP contribution in [0.15, 0.2) is 0 Å². The van der Waals surface area contributed by atoms with E-state index in [0.29, 0.717) is 17.9 Å². The number of hydrogen-bond acceptors (Lipinski definition) is 2. The first-order valence-electron chi connectivity index (χ1n) is 7.20. The summed E-state index contributed by atoms with van der Waals surface area (Å²) in [6, 6.07) is 0.558. The fourth-order valence-electron chi connectivity index (χ4n) is 3.34. The van der Waals surface area contributed by atoms with Crippen LogP contribution in [0.3, 0.4) is 0 Å². The zero-order chi connectivity index (χ0) is 12.3. The Morgan fingerprint density at radius 3 is 2.47 bits per heavy atom. The molecule has 2 fully saturated rings. The molecule has 98 valence electrons. The van der Waals surface area contributed by atoms with Crippen molar-refractivity contribution in [2.24, 2.45) is 5.92 Å². The third kappa shape index (κ3) is 3.01. The smallest absolute Gasteiger partial charge is 0.239 e. The van der Waals surface area contributed by atoms with Gasteiger partial charge in [0.1, 0.15) is 0 Å². The van der Waals surface area contributed by atoms with Gasteiger partial charge in [-0.15, -0.1) is 0 Å². The Kier molecular flexibility index (Phi) is 4.43. The van der Waals surface area contributed by atoms with E-state index in [0.717, 1.165) is 13.0 Å². The summed E-state index contributed by atoms with van der Waals surface area (Å²) in [5.74, 6) is 0.991. The predicted octanol–water partition coefficient (Wildman–Crippen LogP) is 2.17. The molecule has 17 heavy (non-hydrogen) atoms. The van der Waals surface area contributed by atoms with E-state index < -0.39 is 0 Å². The molecule has 1 aliphatic carbocycles. The van der Waals surface area contributed by atoms with Crippen LogP contribution in [0.25, 0.3) is 0 Å². The summed E-state index contributed by atoms with van der Waals surface area (Å²) >= 11 is 0. The van der Waals surface area contributed by atoms with Crippen LogP contribution in [0, 0.1) is 5.92 Å². The van der Waals surface area contributed by atoms with Crippen LogP contribution in [0.2, 0.25) is 0 Å². The highest BCUT2D eigenvalue weighted by Gasteiger charge is 2.31. The topological polar surface area (TPSA) is 32.3 Å². The Morgan fingerprint density at radius 2 is 1.82 bits per heavy atom. The van der Waals surface area contributed by atoms with Crippen molar-refractivity contribution in [1.29, 1.82) is 0 Å². The van der Waals surface area contributed by atoms with Crippen LogP contribution in [0.5, 0.6) is 0 Å². The van der Waals surface area contributed by atoms with Crippen LogP contribution in [-0.4, -0.2) is 36.5 Å². The average Bonchev–Trinajstić information content (AvgIpc) is 2.39. The molecule has 1 heterocycles. The van der Waals surface area contributed by atoms with Gasteiger partial charge in [-0.1, -0.05) is 26.2 Å². The average molecular weight is 238 g/mol. The molecule has 1 N–H and O–H groups in total. The minimum Gasteiger partial charge on any atom is -0.341 e. The monoisotopic (exact) mass is 238 g/mol. The van der Waals surface area contributed by atoms with Crippen molar-refractivity contribution >= 4 is 5.91 Å². The first kappa shape index (κ1) is 12.9. The summed E-state index contributed by atoms with van der Waals surface area (Å²) in [6.07, 6.45) is 8.51. The van der Waals surface area contributed by atoms with Crippen molar-refractivity contribution in [2.45, 2.75) is 64.0 Å². The molecule has 3 nitrogen and oxygen atoms in total. The second-order valence-electron chi connectivity index (χ2n) is 5.78. The number of nitrogens with zero attached hydrogens (tertiary/aromatic N) is 1. The molecule has 1 amide bonds. The second-order valence-corrected chi connectivity index (χ2v) is 5.78. The number of rotatable bonds is 2. The van der Waals surface area contributed by atoms with Gasteiger partial charge in [-0.3, -0.25) is 4.79 Å². The normalized spacial score (nSPS) is 34.4. The van der Waals surface area contributed by atoms with Crippen molar-refractivity contribution in [3.63, 3.8) is 0 Å². The fraction of sp³-hybridized carbons (Fsp3) is 0.929. The third-order valence-corrected chi connectivity index (χ3v) is 4.52. The molecule has 2 rings (SSSR count). The van der Waals surface area contributed by atoms with Gasteiger partial charge in [0.2, 0.25) is 5.91 Å². The summed E-state index contributed by atoms with van der Waals surface area (Å²) in [5.41, 5.74) is 0. The molecule has 2 aliphatic rings. The predicted molar refractivity (Wildman–Crippen MR) is 69.8 cm³/mol. The van der Waals surface area contributed by atoms with Gasteiger partial charge in [0.05, 0.1) is 6.04 Å². The van der Waals surface area contributed by atoms with Crippen molar-refractivity contribution in [3.05, 3.63) is 0 Å². The van der Waals surface area contributed by atoms with Crippen molar-refractivity contribution in [3.8, 4) is 0 Å². The number of carbonyl (C=O) groups is 1. The number of amides is 1. The highest BCUT2D eigenvalue weighted by molar-refractivity contribution is 5.82. The molecule has 0 spiro atoms. The van der Waals surface area contributed by atoms with Gasteiger partial charge in [0.25, 0.3) is 0 Å². The molecule has 0 aromatic heterocycles. The molecule has 3 heteroatoms.